The predicted octanol–water partition coefficient (Wildman–Crippen LogP) is 3.34. The summed E-state index contributed by atoms with van der Waals surface area (Å²) in [5.74, 6) is 0.596. The van der Waals surface area contributed by atoms with Crippen molar-refractivity contribution in [3.05, 3.63) is 34.3 Å². The van der Waals surface area contributed by atoms with Crippen LogP contribution in [0.15, 0.2) is 28.7 Å². The van der Waals surface area contributed by atoms with Crippen molar-refractivity contribution in [1.29, 1.82) is 0 Å². The van der Waals surface area contributed by atoms with Gasteiger partial charge in [0.2, 0.25) is 0 Å². The molecular formula is C15H20BrNO2. The van der Waals surface area contributed by atoms with E-state index in [0.29, 0.717) is 5.92 Å². The molecule has 1 aromatic rings. The molecule has 0 bridgehead atoms. The molecule has 1 aromatic carbocycles. The summed E-state index contributed by atoms with van der Waals surface area (Å²) >= 11 is 3.46. The Kier molecular flexibility index (Phi) is 5.40. The SMILES string of the molecule is CCCN(CC1CCOC1)C(=O)c1ccccc1Br. The van der Waals surface area contributed by atoms with Gasteiger partial charge in [0.25, 0.3) is 5.91 Å². The van der Waals surface area contributed by atoms with Gasteiger partial charge in [-0.15, -0.1) is 0 Å². The van der Waals surface area contributed by atoms with Gasteiger partial charge in [0.05, 0.1) is 12.2 Å². The van der Waals surface area contributed by atoms with E-state index in [4.69, 9.17) is 4.74 Å². The van der Waals surface area contributed by atoms with Gasteiger partial charge in [-0.2, -0.15) is 0 Å². The summed E-state index contributed by atoms with van der Waals surface area (Å²) in [7, 11) is 0. The largest absolute Gasteiger partial charge is 0.381 e. The fourth-order valence-corrected chi connectivity index (χ4v) is 2.84. The highest BCUT2D eigenvalue weighted by Crippen LogP contribution is 2.20. The Morgan fingerprint density at radius 3 is 2.89 bits per heavy atom. The van der Waals surface area contributed by atoms with Gasteiger partial charge in [0, 0.05) is 30.1 Å². The van der Waals surface area contributed by atoms with Crippen molar-refractivity contribution in [2.45, 2.75) is 19.8 Å². The smallest absolute Gasteiger partial charge is 0.255 e. The first-order valence-corrected chi connectivity index (χ1v) is 7.63. The molecule has 1 aliphatic rings. The number of carbonyl (C=O) groups excluding carboxylic acids is 1. The molecule has 0 aliphatic carbocycles. The number of halogens is 1. The molecule has 4 heteroatoms. The molecule has 1 aliphatic heterocycles. The van der Waals surface area contributed by atoms with E-state index in [2.05, 4.69) is 22.9 Å². The van der Waals surface area contributed by atoms with Gasteiger partial charge >= 0.3 is 0 Å². The standard InChI is InChI=1S/C15H20BrNO2/c1-2-8-17(10-12-7-9-19-11-12)15(18)13-5-3-4-6-14(13)16/h3-6,12H,2,7-11H2,1H3. The van der Waals surface area contributed by atoms with Gasteiger partial charge in [0.1, 0.15) is 0 Å². The number of ether oxygens (including phenoxy) is 1. The van der Waals surface area contributed by atoms with Crippen LogP contribution in [0.1, 0.15) is 30.1 Å². The van der Waals surface area contributed by atoms with Crippen molar-refractivity contribution in [3.8, 4) is 0 Å². The number of rotatable bonds is 5. The predicted molar refractivity (Wildman–Crippen MR) is 79.3 cm³/mol. The average molecular weight is 326 g/mol. The highest BCUT2D eigenvalue weighted by atomic mass is 79.9. The summed E-state index contributed by atoms with van der Waals surface area (Å²) in [6.45, 7) is 5.31. The Labute approximate surface area is 123 Å². The van der Waals surface area contributed by atoms with Crippen LogP contribution in [0.3, 0.4) is 0 Å². The lowest BCUT2D eigenvalue weighted by Gasteiger charge is -2.25. The van der Waals surface area contributed by atoms with Crippen LogP contribution in [0.5, 0.6) is 0 Å². The van der Waals surface area contributed by atoms with Gasteiger partial charge in [-0.05, 0) is 40.9 Å². The molecule has 19 heavy (non-hydrogen) atoms. The van der Waals surface area contributed by atoms with Gasteiger partial charge in [0.15, 0.2) is 0 Å². The maximum Gasteiger partial charge on any atom is 0.255 e. The molecule has 3 nitrogen and oxygen atoms in total. The van der Waals surface area contributed by atoms with E-state index >= 15 is 0 Å². The molecule has 1 atom stereocenters. The van der Waals surface area contributed by atoms with Gasteiger partial charge in [-0.1, -0.05) is 19.1 Å². The second-order valence-corrected chi connectivity index (χ2v) is 5.81. The van der Waals surface area contributed by atoms with Crippen molar-refractivity contribution in [2.75, 3.05) is 26.3 Å². The zero-order chi connectivity index (χ0) is 13.7. The monoisotopic (exact) mass is 325 g/mol. The number of hydrogen-bond donors (Lipinski definition) is 0. The van der Waals surface area contributed by atoms with Crippen molar-refractivity contribution >= 4 is 21.8 Å². The number of amides is 1. The first-order valence-electron chi connectivity index (χ1n) is 6.84. The van der Waals surface area contributed by atoms with Gasteiger partial charge in [-0.25, -0.2) is 0 Å². The summed E-state index contributed by atoms with van der Waals surface area (Å²) in [5.41, 5.74) is 0.745. The third kappa shape index (κ3) is 3.80. The molecule has 2 rings (SSSR count). The molecule has 0 spiro atoms. The molecule has 1 heterocycles. The topological polar surface area (TPSA) is 29.5 Å². The second-order valence-electron chi connectivity index (χ2n) is 4.96. The van der Waals surface area contributed by atoms with E-state index in [1.807, 2.05) is 29.2 Å². The number of benzene rings is 1. The zero-order valence-electron chi connectivity index (χ0n) is 11.3. The van der Waals surface area contributed by atoms with Crippen molar-refractivity contribution in [3.63, 3.8) is 0 Å². The van der Waals surface area contributed by atoms with E-state index in [9.17, 15) is 4.79 Å². The van der Waals surface area contributed by atoms with Crippen LogP contribution in [0, 0.1) is 5.92 Å². The molecule has 0 saturated carbocycles. The molecule has 1 amide bonds. The molecule has 1 fully saturated rings. The normalized spacial score (nSPS) is 18.5. The molecular weight excluding hydrogens is 306 g/mol. The fraction of sp³-hybridized carbons (Fsp3) is 0.533. The molecule has 0 radical (unpaired) electrons. The van der Waals surface area contributed by atoms with E-state index in [0.717, 1.165) is 49.2 Å². The number of nitrogens with zero attached hydrogens (tertiary/aromatic N) is 1. The summed E-state index contributed by atoms with van der Waals surface area (Å²) in [6, 6.07) is 7.62. The Morgan fingerprint density at radius 1 is 1.47 bits per heavy atom. The van der Waals surface area contributed by atoms with Crippen LogP contribution in [0.4, 0.5) is 0 Å². The van der Waals surface area contributed by atoms with Crippen LogP contribution >= 0.6 is 15.9 Å². The van der Waals surface area contributed by atoms with E-state index in [-0.39, 0.29) is 5.91 Å². The Hall–Kier alpha value is -0.870. The maximum atomic E-state index is 12.6. The van der Waals surface area contributed by atoms with E-state index in [1.165, 1.54) is 0 Å². The number of carbonyl (C=O) groups is 1. The molecule has 0 N–H and O–H groups in total. The zero-order valence-corrected chi connectivity index (χ0v) is 12.9. The lowest BCUT2D eigenvalue weighted by molar-refractivity contribution is 0.0720. The van der Waals surface area contributed by atoms with Crippen LogP contribution in [0.25, 0.3) is 0 Å². The molecule has 1 saturated heterocycles. The fourth-order valence-electron chi connectivity index (χ4n) is 2.39. The minimum Gasteiger partial charge on any atom is -0.381 e. The summed E-state index contributed by atoms with van der Waals surface area (Å²) in [5, 5.41) is 0. The van der Waals surface area contributed by atoms with Crippen LogP contribution < -0.4 is 0 Å². The van der Waals surface area contributed by atoms with E-state index in [1.54, 1.807) is 0 Å². The highest BCUT2D eigenvalue weighted by Gasteiger charge is 2.23. The van der Waals surface area contributed by atoms with Crippen molar-refractivity contribution in [2.24, 2.45) is 5.92 Å². The van der Waals surface area contributed by atoms with E-state index < -0.39 is 0 Å². The quantitative estimate of drug-likeness (QED) is 0.831. The summed E-state index contributed by atoms with van der Waals surface area (Å²) in [6.07, 6.45) is 2.03. The third-order valence-electron chi connectivity index (χ3n) is 3.39. The highest BCUT2D eigenvalue weighted by molar-refractivity contribution is 9.10. The van der Waals surface area contributed by atoms with Crippen molar-refractivity contribution < 1.29 is 9.53 Å². The second kappa shape index (κ2) is 7.06. The van der Waals surface area contributed by atoms with Crippen LogP contribution in [0.2, 0.25) is 0 Å². The van der Waals surface area contributed by atoms with Gasteiger partial charge in [-0.3, -0.25) is 4.79 Å². The lowest BCUT2D eigenvalue weighted by Crippen LogP contribution is -2.36. The Bertz CT molecular complexity index is 430. The van der Waals surface area contributed by atoms with Gasteiger partial charge < -0.3 is 9.64 Å². The Morgan fingerprint density at radius 2 is 2.26 bits per heavy atom. The number of hydrogen-bond acceptors (Lipinski definition) is 2. The van der Waals surface area contributed by atoms with Crippen LogP contribution in [-0.4, -0.2) is 37.1 Å². The Balaban J connectivity index is 2.09. The average Bonchev–Trinajstić information content (AvgIpc) is 2.91. The molecule has 0 aromatic heterocycles. The van der Waals surface area contributed by atoms with Crippen LogP contribution in [-0.2, 0) is 4.74 Å². The minimum absolute atomic E-state index is 0.112. The lowest BCUT2D eigenvalue weighted by atomic mass is 10.1. The first-order chi connectivity index (χ1) is 9.22. The van der Waals surface area contributed by atoms with Crippen molar-refractivity contribution in [1.82, 2.24) is 4.90 Å². The third-order valence-corrected chi connectivity index (χ3v) is 4.08. The maximum absolute atomic E-state index is 12.6. The summed E-state index contributed by atoms with van der Waals surface area (Å²) < 4.78 is 6.26. The summed E-state index contributed by atoms with van der Waals surface area (Å²) in [4.78, 5) is 14.6. The minimum atomic E-state index is 0.112. The molecule has 104 valence electrons. The molecule has 1 unspecified atom stereocenters. The first kappa shape index (κ1) is 14.5.